The molecule has 0 radical (unpaired) electrons. The molecule has 0 bridgehead atoms. The minimum absolute atomic E-state index is 0.243. The lowest BCUT2D eigenvalue weighted by atomic mass is 9.63. The minimum atomic E-state index is 0.243. The first-order chi connectivity index (χ1) is 9.79. The predicted molar refractivity (Wildman–Crippen MR) is 92.7 cm³/mol. The summed E-state index contributed by atoms with van der Waals surface area (Å²) in [5, 5.41) is 0. The van der Waals surface area contributed by atoms with E-state index in [-0.39, 0.29) is 10.8 Å². The molecule has 3 rings (SSSR count). The molecule has 110 valence electrons. The van der Waals surface area contributed by atoms with E-state index in [4.69, 9.17) is 0 Å². The number of hydrogen-bond donors (Lipinski definition) is 0. The van der Waals surface area contributed by atoms with Crippen molar-refractivity contribution in [3.63, 3.8) is 0 Å². The van der Waals surface area contributed by atoms with Crippen molar-refractivity contribution in [3.05, 3.63) is 52.1 Å². The van der Waals surface area contributed by atoms with Crippen molar-refractivity contribution in [1.82, 2.24) is 4.98 Å². The standard InChI is InChI=1S/C19H22BrN/c1-18(2)10-11-19(3,4)15-12-13(8-9-14(15)18)16-6-5-7-17(20)21-16/h5-9,12H,10-11H2,1-4H3. The number of hydrogen-bond acceptors (Lipinski definition) is 1. The third-order valence-electron chi connectivity index (χ3n) is 4.86. The summed E-state index contributed by atoms with van der Waals surface area (Å²) in [6.45, 7) is 9.44. The lowest BCUT2D eigenvalue weighted by molar-refractivity contribution is 0.332. The lowest BCUT2D eigenvalue weighted by Gasteiger charge is -2.42. The van der Waals surface area contributed by atoms with Crippen LogP contribution in [-0.4, -0.2) is 4.98 Å². The van der Waals surface area contributed by atoms with E-state index >= 15 is 0 Å². The number of fused-ring (bicyclic) bond motifs is 1. The van der Waals surface area contributed by atoms with Gasteiger partial charge in [-0.15, -0.1) is 0 Å². The fourth-order valence-electron chi connectivity index (χ4n) is 3.32. The molecule has 1 aromatic heterocycles. The molecule has 0 unspecified atom stereocenters. The van der Waals surface area contributed by atoms with Crippen LogP contribution in [0.5, 0.6) is 0 Å². The van der Waals surface area contributed by atoms with Crippen molar-refractivity contribution < 1.29 is 0 Å². The van der Waals surface area contributed by atoms with Crippen molar-refractivity contribution in [1.29, 1.82) is 0 Å². The Morgan fingerprint density at radius 1 is 0.905 bits per heavy atom. The Bertz CT molecular complexity index is 686. The summed E-state index contributed by atoms with van der Waals surface area (Å²) in [6.07, 6.45) is 2.49. The fraction of sp³-hybridized carbons (Fsp3) is 0.421. The number of aromatic nitrogens is 1. The zero-order valence-electron chi connectivity index (χ0n) is 13.2. The van der Waals surface area contributed by atoms with E-state index < -0.39 is 0 Å². The van der Waals surface area contributed by atoms with Crippen molar-refractivity contribution >= 4 is 15.9 Å². The quantitative estimate of drug-likeness (QED) is 0.591. The van der Waals surface area contributed by atoms with Gasteiger partial charge in [-0.1, -0.05) is 45.9 Å². The molecular weight excluding hydrogens is 322 g/mol. The number of benzene rings is 1. The number of nitrogens with zero attached hydrogens (tertiary/aromatic N) is 1. The highest BCUT2D eigenvalue weighted by molar-refractivity contribution is 9.10. The normalized spacial score (nSPS) is 19.1. The Hall–Kier alpha value is -1.15. The molecule has 0 atom stereocenters. The number of halogens is 1. The molecule has 1 aromatic carbocycles. The third-order valence-corrected chi connectivity index (χ3v) is 5.31. The molecular formula is C19H22BrN. The smallest absolute Gasteiger partial charge is 0.106 e. The van der Waals surface area contributed by atoms with Gasteiger partial charge < -0.3 is 0 Å². The largest absolute Gasteiger partial charge is 0.241 e. The zero-order chi connectivity index (χ0) is 15.3. The molecule has 0 aliphatic heterocycles. The van der Waals surface area contributed by atoms with Crippen molar-refractivity contribution in [2.24, 2.45) is 0 Å². The van der Waals surface area contributed by atoms with E-state index in [0.717, 1.165) is 10.3 Å². The summed E-state index contributed by atoms with van der Waals surface area (Å²) >= 11 is 3.46. The minimum Gasteiger partial charge on any atom is -0.241 e. The van der Waals surface area contributed by atoms with Gasteiger partial charge in [0, 0.05) is 5.56 Å². The van der Waals surface area contributed by atoms with Gasteiger partial charge >= 0.3 is 0 Å². The van der Waals surface area contributed by atoms with E-state index in [1.54, 1.807) is 0 Å². The van der Waals surface area contributed by atoms with Crippen LogP contribution >= 0.6 is 15.9 Å². The third kappa shape index (κ3) is 2.66. The second-order valence-electron chi connectivity index (χ2n) is 7.37. The average Bonchev–Trinajstić information content (AvgIpc) is 2.44. The van der Waals surface area contributed by atoms with E-state index in [2.05, 4.69) is 72.9 Å². The summed E-state index contributed by atoms with van der Waals surface area (Å²) in [7, 11) is 0. The molecule has 21 heavy (non-hydrogen) atoms. The topological polar surface area (TPSA) is 12.9 Å². The summed E-state index contributed by atoms with van der Waals surface area (Å²) in [6, 6.07) is 13.0. The summed E-state index contributed by atoms with van der Waals surface area (Å²) in [4.78, 5) is 4.59. The van der Waals surface area contributed by atoms with E-state index in [1.165, 1.54) is 29.5 Å². The van der Waals surface area contributed by atoms with Gasteiger partial charge in [0.15, 0.2) is 0 Å². The van der Waals surface area contributed by atoms with Crippen LogP contribution in [0.1, 0.15) is 51.7 Å². The van der Waals surface area contributed by atoms with Crippen LogP contribution in [0, 0.1) is 0 Å². The zero-order valence-corrected chi connectivity index (χ0v) is 14.8. The molecule has 0 spiro atoms. The maximum atomic E-state index is 4.59. The van der Waals surface area contributed by atoms with Gasteiger partial charge in [0.25, 0.3) is 0 Å². The Labute approximate surface area is 135 Å². The predicted octanol–water partition coefficient (Wildman–Crippen LogP) is 5.86. The molecule has 2 heteroatoms. The van der Waals surface area contributed by atoms with Gasteiger partial charge in [0.05, 0.1) is 5.69 Å². The first kappa shape index (κ1) is 14.8. The van der Waals surface area contributed by atoms with Crippen LogP contribution in [0.4, 0.5) is 0 Å². The molecule has 1 heterocycles. The average molecular weight is 344 g/mol. The Kier molecular flexibility index (Phi) is 3.48. The van der Waals surface area contributed by atoms with Gasteiger partial charge in [-0.3, -0.25) is 0 Å². The van der Waals surface area contributed by atoms with Crippen molar-refractivity contribution in [3.8, 4) is 11.3 Å². The van der Waals surface area contributed by atoms with Gasteiger partial charge in [0.1, 0.15) is 4.60 Å². The highest BCUT2D eigenvalue weighted by atomic mass is 79.9. The molecule has 0 saturated heterocycles. The molecule has 0 N–H and O–H groups in total. The Morgan fingerprint density at radius 3 is 2.24 bits per heavy atom. The van der Waals surface area contributed by atoms with E-state index in [9.17, 15) is 0 Å². The van der Waals surface area contributed by atoms with E-state index in [0.29, 0.717) is 0 Å². The first-order valence-electron chi connectivity index (χ1n) is 7.58. The maximum absolute atomic E-state index is 4.59. The lowest BCUT2D eigenvalue weighted by Crippen LogP contribution is -2.33. The Balaban J connectivity index is 2.16. The summed E-state index contributed by atoms with van der Waals surface area (Å²) in [5.41, 5.74) is 5.74. The van der Waals surface area contributed by atoms with Crippen LogP contribution in [-0.2, 0) is 10.8 Å². The highest BCUT2D eigenvalue weighted by Crippen LogP contribution is 2.46. The first-order valence-corrected chi connectivity index (χ1v) is 8.37. The maximum Gasteiger partial charge on any atom is 0.106 e. The fourth-order valence-corrected chi connectivity index (χ4v) is 3.66. The SMILES string of the molecule is CC1(C)CCC(C)(C)c2cc(-c3cccc(Br)n3)ccc21. The molecule has 1 nitrogen and oxygen atoms in total. The molecule has 0 saturated carbocycles. The summed E-state index contributed by atoms with van der Waals surface area (Å²) in [5.74, 6) is 0. The van der Waals surface area contributed by atoms with Crippen LogP contribution < -0.4 is 0 Å². The second kappa shape index (κ2) is 4.95. The highest BCUT2D eigenvalue weighted by Gasteiger charge is 2.36. The van der Waals surface area contributed by atoms with E-state index in [1.807, 2.05) is 12.1 Å². The van der Waals surface area contributed by atoms with Crippen LogP contribution in [0.15, 0.2) is 41.0 Å². The molecule has 0 fully saturated rings. The number of pyridine rings is 1. The molecule has 1 aliphatic carbocycles. The van der Waals surface area contributed by atoms with Gasteiger partial charge in [-0.2, -0.15) is 0 Å². The second-order valence-corrected chi connectivity index (χ2v) is 8.19. The summed E-state index contributed by atoms with van der Waals surface area (Å²) < 4.78 is 0.886. The van der Waals surface area contributed by atoms with Gasteiger partial charge in [-0.05, 0) is 68.9 Å². The van der Waals surface area contributed by atoms with Crippen LogP contribution in [0.2, 0.25) is 0 Å². The van der Waals surface area contributed by atoms with Crippen LogP contribution in [0.25, 0.3) is 11.3 Å². The molecule has 0 amide bonds. The monoisotopic (exact) mass is 343 g/mol. The van der Waals surface area contributed by atoms with Crippen molar-refractivity contribution in [2.75, 3.05) is 0 Å². The Morgan fingerprint density at radius 2 is 1.57 bits per heavy atom. The van der Waals surface area contributed by atoms with Crippen molar-refractivity contribution in [2.45, 2.75) is 51.4 Å². The van der Waals surface area contributed by atoms with Crippen LogP contribution in [0.3, 0.4) is 0 Å². The van der Waals surface area contributed by atoms with Gasteiger partial charge in [0.2, 0.25) is 0 Å². The number of rotatable bonds is 1. The van der Waals surface area contributed by atoms with Gasteiger partial charge in [-0.25, -0.2) is 4.98 Å². The molecule has 1 aliphatic rings. The molecule has 2 aromatic rings.